The average Bonchev–Trinajstić information content (AvgIpc) is 3.48. The topological polar surface area (TPSA) is 60.5 Å². The lowest BCUT2D eigenvalue weighted by molar-refractivity contribution is 0.0939. The molecule has 1 aromatic heterocycles. The zero-order chi connectivity index (χ0) is 21.0. The van der Waals surface area contributed by atoms with Gasteiger partial charge in [0.1, 0.15) is 10.7 Å². The second-order valence-corrected chi connectivity index (χ2v) is 8.50. The number of carbonyl (C=O) groups excluding carboxylic acids is 1. The lowest BCUT2D eigenvalue weighted by Gasteiger charge is -2.30. The molecule has 2 aromatic carbocycles. The molecule has 1 saturated carbocycles. The normalized spacial score (nSPS) is 15.0. The third kappa shape index (κ3) is 4.05. The molecule has 30 heavy (non-hydrogen) atoms. The minimum absolute atomic E-state index is 0.0898. The molecule has 1 N–H and O–H groups in total. The van der Waals surface area contributed by atoms with Gasteiger partial charge in [0.15, 0.2) is 11.5 Å². The maximum atomic E-state index is 12.8. The predicted octanol–water partition coefficient (Wildman–Crippen LogP) is 5.07. The largest absolute Gasteiger partial charge is 0.493 e. The Morgan fingerprint density at radius 1 is 1.07 bits per heavy atom. The van der Waals surface area contributed by atoms with Crippen molar-refractivity contribution in [1.29, 1.82) is 0 Å². The molecule has 0 radical (unpaired) electrons. The zero-order valence-corrected chi connectivity index (χ0v) is 18.1. The second kappa shape index (κ2) is 8.88. The van der Waals surface area contributed by atoms with Gasteiger partial charge in [0.05, 0.1) is 14.2 Å². The van der Waals surface area contributed by atoms with Gasteiger partial charge >= 0.3 is 0 Å². The summed E-state index contributed by atoms with van der Waals surface area (Å²) in [4.78, 5) is 17.4. The van der Waals surface area contributed by atoms with Crippen molar-refractivity contribution in [3.05, 3.63) is 65.2 Å². The number of hydrogen-bond acceptors (Lipinski definition) is 5. The van der Waals surface area contributed by atoms with Gasteiger partial charge in [-0.1, -0.05) is 49.2 Å². The molecule has 6 heteroatoms. The van der Waals surface area contributed by atoms with Gasteiger partial charge in [0, 0.05) is 22.9 Å². The predicted molar refractivity (Wildman–Crippen MR) is 120 cm³/mol. The average molecular weight is 423 g/mol. The summed E-state index contributed by atoms with van der Waals surface area (Å²) in [6, 6.07) is 16.0. The first-order valence-corrected chi connectivity index (χ1v) is 11.0. The van der Waals surface area contributed by atoms with Gasteiger partial charge in [0.25, 0.3) is 5.91 Å². The van der Waals surface area contributed by atoms with E-state index in [4.69, 9.17) is 9.47 Å². The standard InChI is InChI=1S/C24H26N2O3S/c1-28-20-11-10-18(14-21(20)29-2)24(12-6-7-13-24)16-25-22(27)19-15-30-23(26-19)17-8-4-3-5-9-17/h3-5,8-11,14-15H,6-7,12-13,16H2,1-2H3,(H,25,27). The minimum Gasteiger partial charge on any atom is -0.493 e. The highest BCUT2D eigenvalue weighted by Gasteiger charge is 2.36. The molecule has 0 bridgehead atoms. The van der Waals surface area contributed by atoms with Crippen molar-refractivity contribution in [3.8, 4) is 22.1 Å². The summed E-state index contributed by atoms with van der Waals surface area (Å²) in [5.74, 6) is 1.31. The van der Waals surface area contributed by atoms with E-state index in [0.29, 0.717) is 18.0 Å². The Bertz CT molecular complexity index is 1010. The molecule has 1 aliphatic rings. The van der Waals surface area contributed by atoms with E-state index in [1.165, 1.54) is 16.9 Å². The number of nitrogens with one attached hydrogen (secondary N) is 1. The third-order valence-electron chi connectivity index (χ3n) is 5.90. The highest BCUT2D eigenvalue weighted by Crippen LogP contribution is 2.43. The van der Waals surface area contributed by atoms with Gasteiger partial charge in [-0.15, -0.1) is 11.3 Å². The van der Waals surface area contributed by atoms with E-state index in [2.05, 4.69) is 16.4 Å². The summed E-state index contributed by atoms with van der Waals surface area (Å²) in [5.41, 5.74) is 2.59. The van der Waals surface area contributed by atoms with Gasteiger partial charge in [-0.3, -0.25) is 4.79 Å². The number of amides is 1. The fourth-order valence-electron chi connectivity index (χ4n) is 4.22. The van der Waals surface area contributed by atoms with Crippen molar-refractivity contribution in [3.63, 3.8) is 0 Å². The van der Waals surface area contributed by atoms with Gasteiger partial charge < -0.3 is 14.8 Å². The molecule has 0 spiro atoms. The molecule has 1 amide bonds. The van der Waals surface area contributed by atoms with Crippen LogP contribution in [0.3, 0.4) is 0 Å². The Morgan fingerprint density at radius 3 is 2.50 bits per heavy atom. The van der Waals surface area contributed by atoms with Crippen LogP contribution in [0.15, 0.2) is 53.9 Å². The zero-order valence-electron chi connectivity index (χ0n) is 17.3. The number of ether oxygens (including phenoxy) is 2. The Kier molecular flexibility index (Phi) is 6.04. The molecule has 0 aliphatic heterocycles. The van der Waals surface area contributed by atoms with E-state index < -0.39 is 0 Å². The van der Waals surface area contributed by atoms with Crippen LogP contribution >= 0.6 is 11.3 Å². The number of carbonyl (C=O) groups is 1. The molecule has 5 nitrogen and oxygen atoms in total. The first kappa shape index (κ1) is 20.4. The maximum Gasteiger partial charge on any atom is 0.270 e. The van der Waals surface area contributed by atoms with Gasteiger partial charge in [-0.05, 0) is 30.5 Å². The number of aromatic nitrogens is 1. The van der Waals surface area contributed by atoms with Crippen molar-refractivity contribution < 1.29 is 14.3 Å². The van der Waals surface area contributed by atoms with Crippen LogP contribution in [0.2, 0.25) is 0 Å². The van der Waals surface area contributed by atoms with E-state index in [9.17, 15) is 4.79 Å². The summed E-state index contributed by atoms with van der Waals surface area (Å²) in [6.07, 6.45) is 4.38. The van der Waals surface area contributed by atoms with Gasteiger partial charge in [-0.25, -0.2) is 4.98 Å². The van der Waals surface area contributed by atoms with Crippen LogP contribution in [0.4, 0.5) is 0 Å². The molecule has 1 heterocycles. The number of thiazole rings is 1. The van der Waals surface area contributed by atoms with Crippen LogP contribution in [0, 0.1) is 0 Å². The summed E-state index contributed by atoms with van der Waals surface area (Å²) in [7, 11) is 3.29. The summed E-state index contributed by atoms with van der Waals surface area (Å²) in [5, 5.41) is 5.83. The molecule has 1 aliphatic carbocycles. The van der Waals surface area contributed by atoms with E-state index in [-0.39, 0.29) is 11.3 Å². The van der Waals surface area contributed by atoms with Crippen molar-refractivity contribution in [2.24, 2.45) is 0 Å². The monoisotopic (exact) mass is 422 g/mol. The fourth-order valence-corrected chi connectivity index (χ4v) is 5.02. The number of rotatable bonds is 7. The molecule has 4 rings (SSSR count). The molecular formula is C24H26N2O3S. The highest BCUT2D eigenvalue weighted by atomic mass is 32.1. The quantitative estimate of drug-likeness (QED) is 0.578. The number of nitrogens with zero attached hydrogens (tertiary/aromatic N) is 1. The van der Waals surface area contributed by atoms with Crippen LogP contribution in [-0.2, 0) is 5.41 Å². The van der Waals surface area contributed by atoms with Crippen LogP contribution in [0.1, 0.15) is 41.7 Å². The highest BCUT2D eigenvalue weighted by molar-refractivity contribution is 7.13. The molecule has 0 unspecified atom stereocenters. The number of methoxy groups -OCH3 is 2. The van der Waals surface area contributed by atoms with Gasteiger partial charge in [-0.2, -0.15) is 0 Å². The Labute approximate surface area is 181 Å². The maximum absolute atomic E-state index is 12.8. The van der Waals surface area contributed by atoms with Crippen LogP contribution in [0.5, 0.6) is 11.5 Å². The third-order valence-corrected chi connectivity index (χ3v) is 6.79. The van der Waals surface area contributed by atoms with E-state index >= 15 is 0 Å². The molecule has 1 fully saturated rings. The Morgan fingerprint density at radius 2 is 1.80 bits per heavy atom. The minimum atomic E-state index is -0.125. The first-order chi connectivity index (χ1) is 14.6. The van der Waals surface area contributed by atoms with Crippen LogP contribution in [-0.4, -0.2) is 31.7 Å². The number of benzene rings is 2. The first-order valence-electron chi connectivity index (χ1n) is 10.2. The second-order valence-electron chi connectivity index (χ2n) is 7.64. The Balaban J connectivity index is 1.51. The summed E-state index contributed by atoms with van der Waals surface area (Å²) in [6.45, 7) is 0.583. The SMILES string of the molecule is COc1ccc(C2(CNC(=O)c3csc(-c4ccccc4)n3)CCCC2)cc1OC. The lowest BCUT2D eigenvalue weighted by atomic mass is 9.78. The van der Waals surface area contributed by atoms with Crippen molar-refractivity contribution in [1.82, 2.24) is 10.3 Å². The van der Waals surface area contributed by atoms with E-state index in [1.54, 1.807) is 14.2 Å². The van der Waals surface area contributed by atoms with Crippen LogP contribution < -0.4 is 14.8 Å². The van der Waals surface area contributed by atoms with E-state index in [0.717, 1.165) is 42.0 Å². The lowest BCUT2D eigenvalue weighted by Crippen LogP contribution is -2.39. The number of hydrogen-bond donors (Lipinski definition) is 1. The molecule has 0 saturated heterocycles. The molecular weight excluding hydrogens is 396 g/mol. The van der Waals surface area contributed by atoms with Crippen LogP contribution in [0.25, 0.3) is 10.6 Å². The molecule has 3 aromatic rings. The molecule has 156 valence electrons. The summed E-state index contributed by atoms with van der Waals surface area (Å²) >= 11 is 1.49. The van der Waals surface area contributed by atoms with Crippen molar-refractivity contribution in [2.75, 3.05) is 20.8 Å². The van der Waals surface area contributed by atoms with E-state index in [1.807, 2.05) is 47.8 Å². The van der Waals surface area contributed by atoms with Crippen molar-refractivity contribution in [2.45, 2.75) is 31.1 Å². The fraction of sp³-hybridized carbons (Fsp3) is 0.333. The van der Waals surface area contributed by atoms with Crippen molar-refractivity contribution >= 4 is 17.2 Å². The van der Waals surface area contributed by atoms with Gasteiger partial charge in [0.2, 0.25) is 0 Å². The summed E-state index contributed by atoms with van der Waals surface area (Å²) < 4.78 is 10.9. The smallest absolute Gasteiger partial charge is 0.270 e. The molecule has 0 atom stereocenters. The Hall–Kier alpha value is -2.86.